The Hall–Kier alpha value is -1.10. The van der Waals surface area contributed by atoms with Crippen molar-refractivity contribution in [2.75, 3.05) is 39.3 Å². The molecular formula is C21H37N3O2. The van der Waals surface area contributed by atoms with Gasteiger partial charge in [-0.15, -0.1) is 0 Å². The van der Waals surface area contributed by atoms with Gasteiger partial charge < -0.3 is 9.80 Å². The van der Waals surface area contributed by atoms with Gasteiger partial charge in [0.25, 0.3) is 0 Å². The first-order chi connectivity index (χ1) is 12.5. The van der Waals surface area contributed by atoms with Crippen molar-refractivity contribution in [3.8, 4) is 0 Å². The number of amides is 2. The molecule has 26 heavy (non-hydrogen) atoms. The van der Waals surface area contributed by atoms with Crippen LogP contribution in [-0.4, -0.2) is 71.8 Å². The van der Waals surface area contributed by atoms with Gasteiger partial charge >= 0.3 is 0 Å². The molecule has 0 bridgehead atoms. The van der Waals surface area contributed by atoms with Crippen LogP contribution < -0.4 is 0 Å². The lowest BCUT2D eigenvalue weighted by atomic mass is 10.0. The van der Waals surface area contributed by atoms with Gasteiger partial charge in [-0.3, -0.25) is 14.5 Å². The largest absolute Gasteiger partial charge is 0.340 e. The third-order valence-electron chi connectivity index (χ3n) is 6.19. The molecule has 1 aliphatic heterocycles. The van der Waals surface area contributed by atoms with Crippen LogP contribution in [0.4, 0.5) is 0 Å². The second-order valence-electron chi connectivity index (χ2n) is 9.02. The maximum absolute atomic E-state index is 12.7. The van der Waals surface area contributed by atoms with E-state index in [1.165, 1.54) is 38.5 Å². The molecule has 5 heteroatoms. The number of carbonyl (C=O) groups is 2. The van der Waals surface area contributed by atoms with Crippen molar-refractivity contribution in [3.63, 3.8) is 0 Å². The lowest BCUT2D eigenvalue weighted by molar-refractivity contribution is -0.136. The minimum atomic E-state index is 0.280. The third-order valence-corrected chi connectivity index (χ3v) is 6.19. The monoisotopic (exact) mass is 363 g/mol. The molecule has 2 aliphatic carbocycles. The minimum Gasteiger partial charge on any atom is -0.340 e. The molecule has 0 aromatic carbocycles. The highest BCUT2D eigenvalue weighted by Crippen LogP contribution is 2.29. The molecule has 0 aromatic rings. The van der Waals surface area contributed by atoms with E-state index in [0.717, 1.165) is 45.1 Å². The summed E-state index contributed by atoms with van der Waals surface area (Å²) in [5, 5.41) is 0. The number of carbonyl (C=O) groups excluding carboxylic acids is 2. The van der Waals surface area contributed by atoms with Crippen molar-refractivity contribution < 1.29 is 9.59 Å². The van der Waals surface area contributed by atoms with Gasteiger partial charge in [0.1, 0.15) is 0 Å². The summed E-state index contributed by atoms with van der Waals surface area (Å²) in [5.41, 5.74) is 0. The van der Waals surface area contributed by atoms with Crippen LogP contribution >= 0.6 is 0 Å². The molecule has 0 aromatic heterocycles. The molecular weight excluding hydrogens is 326 g/mol. The van der Waals surface area contributed by atoms with Crippen LogP contribution in [0.25, 0.3) is 0 Å². The number of piperazine rings is 1. The summed E-state index contributed by atoms with van der Waals surface area (Å²) >= 11 is 0. The maximum Gasteiger partial charge on any atom is 0.237 e. The number of nitrogens with zero attached hydrogens (tertiary/aromatic N) is 3. The van der Waals surface area contributed by atoms with Gasteiger partial charge in [-0.25, -0.2) is 0 Å². The highest BCUT2D eigenvalue weighted by molar-refractivity contribution is 5.79. The summed E-state index contributed by atoms with van der Waals surface area (Å²) in [6, 6.07) is 0.489. The topological polar surface area (TPSA) is 43.9 Å². The Morgan fingerprint density at radius 1 is 1.00 bits per heavy atom. The minimum absolute atomic E-state index is 0.280. The third kappa shape index (κ3) is 5.70. The van der Waals surface area contributed by atoms with E-state index in [4.69, 9.17) is 0 Å². The van der Waals surface area contributed by atoms with Crippen molar-refractivity contribution in [2.45, 2.75) is 71.3 Å². The second-order valence-corrected chi connectivity index (χ2v) is 9.02. The van der Waals surface area contributed by atoms with E-state index in [9.17, 15) is 9.59 Å². The Bertz CT molecular complexity index is 476. The fourth-order valence-corrected chi connectivity index (χ4v) is 4.46. The van der Waals surface area contributed by atoms with Crippen LogP contribution in [-0.2, 0) is 9.59 Å². The Balaban J connectivity index is 1.37. The van der Waals surface area contributed by atoms with Gasteiger partial charge in [0.2, 0.25) is 11.8 Å². The van der Waals surface area contributed by atoms with Gasteiger partial charge in [-0.05, 0) is 31.1 Å². The summed E-state index contributed by atoms with van der Waals surface area (Å²) < 4.78 is 0. The molecule has 2 saturated carbocycles. The zero-order valence-electron chi connectivity index (χ0n) is 16.8. The van der Waals surface area contributed by atoms with Gasteiger partial charge in [0.05, 0.1) is 6.54 Å². The second kappa shape index (κ2) is 9.20. The fourth-order valence-electron chi connectivity index (χ4n) is 4.46. The van der Waals surface area contributed by atoms with E-state index in [0.29, 0.717) is 30.8 Å². The molecule has 0 unspecified atom stereocenters. The summed E-state index contributed by atoms with van der Waals surface area (Å²) in [6.45, 7) is 8.99. The summed E-state index contributed by atoms with van der Waals surface area (Å²) in [7, 11) is 0. The first-order valence-corrected chi connectivity index (χ1v) is 10.8. The van der Waals surface area contributed by atoms with Crippen LogP contribution in [0, 0.1) is 11.8 Å². The zero-order chi connectivity index (χ0) is 18.5. The van der Waals surface area contributed by atoms with Crippen molar-refractivity contribution >= 4 is 11.8 Å². The average Bonchev–Trinajstić information content (AvgIpc) is 3.33. The van der Waals surface area contributed by atoms with Crippen LogP contribution in [0.3, 0.4) is 0 Å². The quantitative estimate of drug-likeness (QED) is 0.666. The molecule has 3 rings (SSSR count). The lowest BCUT2D eigenvalue weighted by Gasteiger charge is -2.36. The van der Waals surface area contributed by atoms with E-state index in [-0.39, 0.29) is 5.91 Å². The number of hydrogen-bond donors (Lipinski definition) is 0. The highest BCUT2D eigenvalue weighted by Gasteiger charge is 2.34. The summed E-state index contributed by atoms with van der Waals surface area (Å²) in [6.07, 6.45) is 9.45. The van der Waals surface area contributed by atoms with Gasteiger partial charge in [0, 0.05) is 45.2 Å². The molecule has 5 nitrogen and oxygen atoms in total. The molecule has 2 amide bonds. The average molecular weight is 364 g/mol. The smallest absolute Gasteiger partial charge is 0.237 e. The van der Waals surface area contributed by atoms with E-state index in [2.05, 4.69) is 23.6 Å². The lowest BCUT2D eigenvalue weighted by Crippen LogP contribution is -2.52. The highest BCUT2D eigenvalue weighted by atomic mass is 16.2. The summed E-state index contributed by atoms with van der Waals surface area (Å²) in [4.78, 5) is 31.5. The predicted molar refractivity (Wildman–Crippen MR) is 104 cm³/mol. The van der Waals surface area contributed by atoms with Crippen molar-refractivity contribution in [2.24, 2.45) is 11.8 Å². The molecule has 3 fully saturated rings. The Morgan fingerprint density at radius 2 is 1.65 bits per heavy atom. The SMILES string of the molecule is CC(C)CN(C(=O)CN1CCN(C(=O)CCC2CCCC2)CC1)C1CC1. The van der Waals surface area contributed by atoms with Crippen molar-refractivity contribution in [3.05, 3.63) is 0 Å². The van der Waals surface area contributed by atoms with Gasteiger partial charge in [-0.1, -0.05) is 39.5 Å². The van der Waals surface area contributed by atoms with Crippen molar-refractivity contribution in [1.29, 1.82) is 0 Å². The Kier molecular flexibility index (Phi) is 6.96. The first kappa shape index (κ1) is 19.7. The number of rotatable bonds is 8. The molecule has 3 aliphatic rings. The molecule has 1 saturated heterocycles. The zero-order valence-corrected chi connectivity index (χ0v) is 16.8. The molecule has 148 valence electrons. The predicted octanol–water partition coefficient (Wildman–Crippen LogP) is 2.75. The summed E-state index contributed by atoms with van der Waals surface area (Å²) in [5.74, 6) is 1.91. The first-order valence-electron chi connectivity index (χ1n) is 10.8. The molecule has 1 heterocycles. The van der Waals surface area contributed by atoms with E-state index < -0.39 is 0 Å². The van der Waals surface area contributed by atoms with Crippen LogP contribution in [0.5, 0.6) is 0 Å². The van der Waals surface area contributed by atoms with Crippen LogP contribution in [0.15, 0.2) is 0 Å². The van der Waals surface area contributed by atoms with E-state index >= 15 is 0 Å². The normalized spacial score (nSPS) is 22.2. The van der Waals surface area contributed by atoms with Crippen LogP contribution in [0.2, 0.25) is 0 Å². The van der Waals surface area contributed by atoms with Crippen molar-refractivity contribution in [1.82, 2.24) is 14.7 Å². The Labute approximate surface area is 159 Å². The molecule has 0 N–H and O–H groups in total. The number of hydrogen-bond acceptors (Lipinski definition) is 3. The maximum atomic E-state index is 12.7. The molecule has 0 spiro atoms. The van der Waals surface area contributed by atoms with E-state index in [1.54, 1.807) is 0 Å². The Morgan fingerprint density at radius 3 is 2.23 bits per heavy atom. The standard InChI is InChI=1S/C21H37N3O2/c1-17(2)15-24(19-8-9-19)21(26)16-22-11-13-23(14-12-22)20(25)10-7-18-5-3-4-6-18/h17-19H,3-16H2,1-2H3. The molecule has 0 atom stereocenters. The van der Waals surface area contributed by atoms with E-state index in [1.807, 2.05) is 4.90 Å². The molecule has 0 radical (unpaired) electrons. The van der Waals surface area contributed by atoms with Gasteiger partial charge in [-0.2, -0.15) is 0 Å². The van der Waals surface area contributed by atoms with Crippen LogP contribution in [0.1, 0.15) is 65.2 Å². The fraction of sp³-hybridized carbons (Fsp3) is 0.905. The van der Waals surface area contributed by atoms with Gasteiger partial charge in [0.15, 0.2) is 0 Å².